The fourth-order valence-electron chi connectivity index (χ4n) is 1.27. The number of urea groups is 2. The number of amides is 4. The lowest BCUT2D eigenvalue weighted by Gasteiger charge is -2.26. The number of nitrogens with one attached hydrogen (secondary N) is 3. The van der Waals surface area contributed by atoms with Gasteiger partial charge in [-0.05, 0) is 34.6 Å². The normalized spacial score (nSPS) is 21.4. The van der Waals surface area contributed by atoms with Gasteiger partial charge in [0.2, 0.25) is 0 Å². The van der Waals surface area contributed by atoms with Crippen LogP contribution in [0.4, 0.5) is 9.59 Å². The van der Waals surface area contributed by atoms with Crippen LogP contribution in [-0.4, -0.2) is 39.5 Å². The highest BCUT2D eigenvalue weighted by atomic mass is 16.3. The van der Waals surface area contributed by atoms with Crippen molar-refractivity contribution in [3.63, 3.8) is 0 Å². The molecule has 1 fully saturated rings. The average molecular weight is 244 g/mol. The van der Waals surface area contributed by atoms with Crippen LogP contribution >= 0.6 is 0 Å². The highest BCUT2D eigenvalue weighted by Crippen LogP contribution is 2.12. The lowest BCUT2D eigenvalue weighted by molar-refractivity contribution is 0.0279. The minimum absolute atomic E-state index is 0.439. The van der Waals surface area contributed by atoms with Gasteiger partial charge in [-0.2, -0.15) is 10.4 Å². The van der Waals surface area contributed by atoms with Crippen molar-refractivity contribution in [1.82, 2.24) is 21.1 Å². The summed E-state index contributed by atoms with van der Waals surface area (Å²) in [7, 11) is 0. The molecular weight excluding hydrogens is 224 g/mol. The van der Waals surface area contributed by atoms with Gasteiger partial charge in [-0.3, -0.25) is 0 Å². The molecule has 4 N–H and O–H groups in total. The Balaban J connectivity index is 2.69. The van der Waals surface area contributed by atoms with E-state index in [0.717, 1.165) is 5.01 Å². The molecule has 1 aliphatic heterocycles. The number of aliphatic hydroxyl groups is 1. The maximum absolute atomic E-state index is 11.8. The summed E-state index contributed by atoms with van der Waals surface area (Å²) in [5.41, 5.74) is 1.01. The van der Waals surface area contributed by atoms with E-state index < -0.39 is 29.4 Å². The van der Waals surface area contributed by atoms with Crippen LogP contribution in [0.25, 0.3) is 0 Å². The van der Waals surface area contributed by atoms with E-state index in [-0.39, 0.29) is 0 Å². The summed E-state index contributed by atoms with van der Waals surface area (Å²) in [6.07, 6.45) is -0.694. The van der Waals surface area contributed by atoms with Crippen molar-refractivity contribution in [2.24, 2.45) is 0 Å². The lowest BCUT2D eigenvalue weighted by Crippen LogP contribution is -2.55. The Morgan fingerprint density at radius 2 is 1.88 bits per heavy atom. The quantitative estimate of drug-likeness (QED) is 0.527. The summed E-state index contributed by atoms with van der Waals surface area (Å²) in [5.74, 6) is 0. The molecule has 0 spiro atoms. The van der Waals surface area contributed by atoms with Crippen molar-refractivity contribution >= 4 is 12.1 Å². The summed E-state index contributed by atoms with van der Waals surface area (Å²) in [5, 5.41) is 15.7. The van der Waals surface area contributed by atoms with Crippen LogP contribution in [0.1, 0.15) is 34.6 Å². The summed E-state index contributed by atoms with van der Waals surface area (Å²) in [4.78, 5) is 23.3. The molecule has 7 heteroatoms. The zero-order chi connectivity index (χ0) is 13.4. The van der Waals surface area contributed by atoms with E-state index in [9.17, 15) is 14.7 Å². The monoisotopic (exact) mass is 244 g/mol. The van der Waals surface area contributed by atoms with Gasteiger partial charge in [0, 0.05) is 5.54 Å². The van der Waals surface area contributed by atoms with E-state index in [2.05, 4.69) is 16.1 Å². The SMILES string of the molecule is CC(C)(C)NC(=O)N1NC(C(C)(C)O)NC1=O. The Bertz CT molecular complexity index is 329. The third-order valence-corrected chi connectivity index (χ3v) is 2.12. The third kappa shape index (κ3) is 3.57. The Hall–Kier alpha value is -1.34. The topological polar surface area (TPSA) is 93.7 Å². The lowest BCUT2D eigenvalue weighted by atomic mass is 10.1. The van der Waals surface area contributed by atoms with Crippen molar-refractivity contribution in [2.75, 3.05) is 0 Å². The van der Waals surface area contributed by atoms with E-state index in [4.69, 9.17) is 0 Å². The predicted octanol–water partition coefficient (Wildman–Crippen LogP) is 0.121. The first-order valence-corrected chi connectivity index (χ1v) is 5.42. The first-order chi connectivity index (χ1) is 7.50. The van der Waals surface area contributed by atoms with Crippen molar-refractivity contribution in [3.05, 3.63) is 0 Å². The van der Waals surface area contributed by atoms with E-state index in [1.165, 1.54) is 13.8 Å². The van der Waals surface area contributed by atoms with Crippen LogP contribution in [0.15, 0.2) is 0 Å². The molecule has 1 heterocycles. The third-order valence-electron chi connectivity index (χ3n) is 2.12. The van der Waals surface area contributed by atoms with Crippen molar-refractivity contribution in [3.8, 4) is 0 Å². The minimum atomic E-state index is -1.16. The Morgan fingerprint density at radius 3 is 2.24 bits per heavy atom. The smallest absolute Gasteiger partial charge is 0.341 e. The van der Waals surface area contributed by atoms with Crippen LogP contribution in [0, 0.1) is 0 Å². The first kappa shape index (κ1) is 13.7. The van der Waals surface area contributed by atoms with Crippen LogP contribution in [0.3, 0.4) is 0 Å². The van der Waals surface area contributed by atoms with Crippen LogP contribution in [0.5, 0.6) is 0 Å². The summed E-state index contributed by atoms with van der Waals surface area (Å²) >= 11 is 0. The molecule has 0 aliphatic carbocycles. The molecule has 1 saturated heterocycles. The first-order valence-electron chi connectivity index (χ1n) is 5.42. The average Bonchev–Trinajstić information content (AvgIpc) is 2.42. The van der Waals surface area contributed by atoms with E-state index in [0.29, 0.717) is 0 Å². The minimum Gasteiger partial charge on any atom is -0.387 e. The van der Waals surface area contributed by atoms with Gasteiger partial charge in [-0.25, -0.2) is 9.59 Å². The summed E-state index contributed by atoms with van der Waals surface area (Å²) in [6, 6.07) is -1.14. The maximum Gasteiger partial charge on any atom is 0.341 e. The largest absolute Gasteiger partial charge is 0.387 e. The van der Waals surface area contributed by atoms with Gasteiger partial charge in [0.15, 0.2) is 0 Å². The second-order valence-electron chi connectivity index (χ2n) is 5.68. The molecule has 4 amide bonds. The number of carbonyl (C=O) groups excluding carboxylic acids is 2. The Kier molecular flexibility index (Phi) is 3.35. The van der Waals surface area contributed by atoms with E-state index >= 15 is 0 Å². The van der Waals surface area contributed by atoms with Crippen molar-refractivity contribution in [2.45, 2.75) is 51.9 Å². The Morgan fingerprint density at radius 1 is 1.35 bits per heavy atom. The predicted molar refractivity (Wildman–Crippen MR) is 61.9 cm³/mol. The molecule has 1 atom stereocenters. The van der Waals surface area contributed by atoms with E-state index in [1.54, 1.807) is 0 Å². The van der Waals surface area contributed by atoms with Gasteiger partial charge < -0.3 is 15.7 Å². The number of carbonyl (C=O) groups is 2. The fraction of sp³-hybridized carbons (Fsp3) is 0.800. The highest BCUT2D eigenvalue weighted by Gasteiger charge is 2.40. The number of hydrogen-bond donors (Lipinski definition) is 4. The molecule has 0 bridgehead atoms. The molecule has 0 aromatic heterocycles. The molecule has 7 nitrogen and oxygen atoms in total. The number of nitrogens with zero attached hydrogens (tertiary/aromatic N) is 1. The van der Waals surface area contributed by atoms with Gasteiger partial charge in [0.25, 0.3) is 0 Å². The second kappa shape index (κ2) is 4.15. The molecule has 0 aromatic rings. The van der Waals surface area contributed by atoms with Crippen LogP contribution in [-0.2, 0) is 0 Å². The van der Waals surface area contributed by atoms with Gasteiger partial charge >= 0.3 is 12.1 Å². The molecule has 17 heavy (non-hydrogen) atoms. The van der Waals surface area contributed by atoms with Crippen molar-refractivity contribution in [1.29, 1.82) is 0 Å². The molecule has 0 aromatic carbocycles. The number of hydrogen-bond acceptors (Lipinski definition) is 4. The molecular formula is C10H20N4O3. The maximum atomic E-state index is 11.8. The number of imide groups is 1. The molecule has 0 radical (unpaired) electrons. The molecule has 0 saturated carbocycles. The highest BCUT2D eigenvalue weighted by molar-refractivity contribution is 5.94. The standard InChI is InChI=1S/C10H20N4O3/c1-9(2,3)12-8(16)14-7(15)11-6(13-14)10(4,5)17/h6,13,17H,1-5H3,(H,11,15)(H,12,16). The van der Waals surface area contributed by atoms with E-state index in [1.807, 2.05) is 20.8 Å². The number of hydrazine groups is 1. The summed E-state index contributed by atoms with van der Waals surface area (Å²) < 4.78 is 0. The van der Waals surface area contributed by atoms with Gasteiger partial charge in [0.1, 0.15) is 6.17 Å². The summed E-state index contributed by atoms with van der Waals surface area (Å²) in [6.45, 7) is 8.51. The van der Waals surface area contributed by atoms with Crippen LogP contribution in [0.2, 0.25) is 0 Å². The molecule has 1 unspecified atom stereocenters. The zero-order valence-corrected chi connectivity index (χ0v) is 10.8. The van der Waals surface area contributed by atoms with Gasteiger partial charge in [0.05, 0.1) is 5.60 Å². The van der Waals surface area contributed by atoms with Gasteiger partial charge in [-0.1, -0.05) is 0 Å². The fourth-order valence-corrected chi connectivity index (χ4v) is 1.27. The zero-order valence-electron chi connectivity index (χ0n) is 10.8. The second-order valence-corrected chi connectivity index (χ2v) is 5.68. The molecule has 98 valence electrons. The Labute approximate surface area is 101 Å². The van der Waals surface area contributed by atoms with Crippen LogP contribution < -0.4 is 16.1 Å². The van der Waals surface area contributed by atoms with Crippen molar-refractivity contribution < 1.29 is 14.7 Å². The van der Waals surface area contributed by atoms with Gasteiger partial charge in [-0.15, -0.1) is 0 Å². The molecule has 1 aliphatic rings. The number of rotatable bonds is 1. The molecule has 1 rings (SSSR count).